The van der Waals surface area contributed by atoms with Gasteiger partial charge in [-0.3, -0.25) is 0 Å². The Balaban J connectivity index is 1.91. The molecule has 2 rings (SSSR count). The van der Waals surface area contributed by atoms with Gasteiger partial charge in [-0.15, -0.1) is 11.3 Å². The van der Waals surface area contributed by atoms with Gasteiger partial charge in [0, 0.05) is 9.53 Å². The van der Waals surface area contributed by atoms with Crippen molar-refractivity contribution >= 4 is 37.4 Å². The standard InChI is InChI=1S/C15H19BrS/c1-2-6-13(16)8-5-7-12-11-17-15-10-4-3-9-14(12)15/h3-4,9-11,13H,2,5-8H2,1H3. The number of aryl methyl sites for hydroxylation is 1. The summed E-state index contributed by atoms with van der Waals surface area (Å²) in [5.41, 5.74) is 1.53. The molecule has 17 heavy (non-hydrogen) atoms. The molecule has 0 aliphatic heterocycles. The second-order valence-electron chi connectivity index (χ2n) is 4.54. The summed E-state index contributed by atoms with van der Waals surface area (Å²) in [6.45, 7) is 2.25. The van der Waals surface area contributed by atoms with Gasteiger partial charge in [-0.2, -0.15) is 0 Å². The van der Waals surface area contributed by atoms with E-state index in [0.29, 0.717) is 4.83 Å². The molecule has 1 aromatic heterocycles. The van der Waals surface area contributed by atoms with Gasteiger partial charge in [0.15, 0.2) is 0 Å². The van der Waals surface area contributed by atoms with Gasteiger partial charge in [0.2, 0.25) is 0 Å². The highest BCUT2D eigenvalue weighted by atomic mass is 79.9. The van der Waals surface area contributed by atoms with Crippen LogP contribution in [-0.2, 0) is 6.42 Å². The fraction of sp³-hybridized carbons (Fsp3) is 0.467. The largest absolute Gasteiger partial charge is 0.144 e. The molecule has 0 amide bonds. The number of thiophene rings is 1. The summed E-state index contributed by atoms with van der Waals surface area (Å²) in [6, 6.07) is 8.73. The molecule has 1 atom stereocenters. The van der Waals surface area contributed by atoms with Gasteiger partial charge in [-0.25, -0.2) is 0 Å². The van der Waals surface area contributed by atoms with E-state index >= 15 is 0 Å². The molecule has 0 nitrogen and oxygen atoms in total. The molecule has 0 aliphatic carbocycles. The van der Waals surface area contributed by atoms with Crippen LogP contribution in [0.5, 0.6) is 0 Å². The molecule has 0 saturated heterocycles. The SMILES string of the molecule is CCCC(Br)CCCc1csc2ccccc12. The Kier molecular flexibility index (Phi) is 5.05. The van der Waals surface area contributed by atoms with Crippen molar-refractivity contribution in [3.05, 3.63) is 35.2 Å². The quantitative estimate of drug-likeness (QED) is 0.592. The van der Waals surface area contributed by atoms with Crippen molar-refractivity contribution in [1.82, 2.24) is 0 Å². The van der Waals surface area contributed by atoms with Crippen molar-refractivity contribution in [3.8, 4) is 0 Å². The third kappa shape index (κ3) is 3.56. The smallest absolute Gasteiger partial charge is 0.0345 e. The van der Waals surface area contributed by atoms with E-state index in [4.69, 9.17) is 0 Å². The summed E-state index contributed by atoms with van der Waals surface area (Å²) in [7, 11) is 0. The second-order valence-corrected chi connectivity index (χ2v) is 6.74. The third-order valence-electron chi connectivity index (χ3n) is 3.13. The van der Waals surface area contributed by atoms with Crippen molar-refractivity contribution in [2.75, 3.05) is 0 Å². The highest BCUT2D eigenvalue weighted by molar-refractivity contribution is 9.09. The van der Waals surface area contributed by atoms with E-state index in [0.717, 1.165) is 0 Å². The van der Waals surface area contributed by atoms with E-state index in [1.807, 2.05) is 11.3 Å². The maximum Gasteiger partial charge on any atom is 0.0345 e. The summed E-state index contributed by atoms with van der Waals surface area (Å²) in [6.07, 6.45) is 6.37. The minimum atomic E-state index is 0.706. The molecule has 1 aromatic carbocycles. The first-order valence-corrected chi connectivity index (χ1v) is 8.20. The molecule has 1 heterocycles. The van der Waals surface area contributed by atoms with Crippen molar-refractivity contribution in [2.45, 2.75) is 43.9 Å². The van der Waals surface area contributed by atoms with Gasteiger partial charge in [0.05, 0.1) is 0 Å². The molecular weight excluding hydrogens is 292 g/mol. The van der Waals surface area contributed by atoms with Crippen LogP contribution in [0.1, 0.15) is 38.2 Å². The Morgan fingerprint density at radius 1 is 1.24 bits per heavy atom. The van der Waals surface area contributed by atoms with Crippen molar-refractivity contribution in [2.24, 2.45) is 0 Å². The lowest BCUT2D eigenvalue weighted by molar-refractivity contribution is 0.656. The summed E-state index contributed by atoms with van der Waals surface area (Å²) < 4.78 is 1.42. The second kappa shape index (κ2) is 6.55. The Morgan fingerprint density at radius 2 is 2.06 bits per heavy atom. The van der Waals surface area contributed by atoms with Crippen LogP contribution in [0.4, 0.5) is 0 Å². The van der Waals surface area contributed by atoms with E-state index < -0.39 is 0 Å². The molecule has 0 N–H and O–H groups in total. The van der Waals surface area contributed by atoms with Crippen molar-refractivity contribution in [1.29, 1.82) is 0 Å². The fourth-order valence-corrected chi connectivity index (χ4v) is 3.98. The fourth-order valence-electron chi connectivity index (χ4n) is 2.20. The summed E-state index contributed by atoms with van der Waals surface area (Å²) in [5.74, 6) is 0. The maximum absolute atomic E-state index is 3.75. The number of alkyl halides is 1. The van der Waals surface area contributed by atoms with Crippen molar-refractivity contribution < 1.29 is 0 Å². The lowest BCUT2D eigenvalue weighted by Gasteiger charge is -2.07. The normalized spacial score (nSPS) is 13.1. The van der Waals surface area contributed by atoms with Gasteiger partial charge >= 0.3 is 0 Å². The number of hydrogen-bond acceptors (Lipinski definition) is 1. The Morgan fingerprint density at radius 3 is 2.88 bits per heavy atom. The van der Waals surface area contributed by atoms with Crippen LogP contribution in [0.15, 0.2) is 29.6 Å². The van der Waals surface area contributed by atoms with E-state index in [-0.39, 0.29) is 0 Å². The average molecular weight is 311 g/mol. The molecule has 0 radical (unpaired) electrons. The highest BCUT2D eigenvalue weighted by Gasteiger charge is 2.05. The molecule has 2 heteroatoms. The van der Waals surface area contributed by atoms with Crippen LogP contribution in [0.2, 0.25) is 0 Å². The third-order valence-corrected chi connectivity index (χ3v) is 5.05. The van der Waals surface area contributed by atoms with Crippen LogP contribution < -0.4 is 0 Å². The van der Waals surface area contributed by atoms with Crippen LogP contribution in [-0.4, -0.2) is 4.83 Å². The molecule has 2 aromatic rings. The van der Waals surface area contributed by atoms with Crippen LogP contribution in [0.25, 0.3) is 10.1 Å². The Hall–Kier alpha value is -0.340. The zero-order valence-electron chi connectivity index (χ0n) is 10.3. The van der Waals surface area contributed by atoms with Crippen LogP contribution in [0, 0.1) is 0 Å². The Labute approximate surface area is 116 Å². The number of benzene rings is 1. The molecule has 0 bridgehead atoms. The topological polar surface area (TPSA) is 0 Å². The zero-order valence-corrected chi connectivity index (χ0v) is 12.7. The minimum Gasteiger partial charge on any atom is -0.144 e. The minimum absolute atomic E-state index is 0.706. The van der Waals surface area contributed by atoms with E-state index in [1.54, 1.807) is 0 Å². The predicted octanol–water partition coefficient (Wildman–Crippen LogP) is 5.79. The molecule has 92 valence electrons. The monoisotopic (exact) mass is 310 g/mol. The van der Waals surface area contributed by atoms with E-state index in [9.17, 15) is 0 Å². The first kappa shape index (κ1) is 13.1. The molecule has 0 saturated carbocycles. The molecule has 1 unspecified atom stereocenters. The molecule has 0 spiro atoms. The predicted molar refractivity (Wildman–Crippen MR) is 82.4 cm³/mol. The average Bonchev–Trinajstić information content (AvgIpc) is 2.73. The maximum atomic E-state index is 3.75. The summed E-state index contributed by atoms with van der Waals surface area (Å²) in [5, 5.41) is 3.78. The highest BCUT2D eigenvalue weighted by Crippen LogP contribution is 2.27. The summed E-state index contributed by atoms with van der Waals surface area (Å²) >= 11 is 5.63. The summed E-state index contributed by atoms with van der Waals surface area (Å²) in [4.78, 5) is 0.706. The van der Waals surface area contributed by atoms with Crippen LogP contribution >= 0.6 is 27.3 Å². The molecule has 0 aliphatic rings. The van der Waals surface area contributed by atoms with Crippen LogP contribution in [0.3, 0.4) is 0 Å². The zero-order chi connectivity index (χ0) is 12.1. The molecule has 0 fully saturated rings. The number of halogens is 1. The molecular formula is C15H19BrS. The van der Waals surface area contributed by atoms with Crippen molar-refractivity contribution in [3.63, 3.8) is 0 Å². The van der Waals surface area contributed by atoms with E-state index in [2.05, 4.69) is 52.5 Å². The van der Waals surface area contributed by atoms with Gasteiger partial charge in [-0.05, 0) is 48.1 Å². The first-order chi connectivity index (χ1) is 8.31. The lowest BCUT2D eigenvalue weighted by Crippen LogP contribution is -1.97. The number of fused-ring (bicyclic) bond motifs is 1. The van der Waals surface area contributed by atoms with Gasteiger partial charge < -0.3 is 0 Å². The van der Waals surface area contributed by atoms with Gasteiger partial charge in [-0.1, -0.05) is 47.5 Å². The lowest BCUT2D eigenvalue weighted by atomic mass is 10.0. The van der Waals surface area contributed by atoms with Gasteiger partial charge in [0.1, 0.15) is 0 Å². The van der Waals surface area contributed by atoms with Gasteiger partial charge in [0.25, 0.3) is 0 Å². The van der Waals surface area contributed by atoms with E-state index in [1.165, 1.54) is 47.8 Å². The number of hydrogen-bond donors (Lipinski definition) is 0. The Bertz CT molecular complexity index is 461. The first-order valence-electron chi connectivity index (χ1n) is 6.40. The number of rotatable bonds is 6.